The second-order valence-corrected chi connectivity index (χ2v) is 11.5. The number of aromatic nitrogens is 2. The summed E-state index contributed by atoms with van der Waals surface area (Å²) in [6.07, 6.45) is -5.54. The molecule has 44 heavy (non-hydrogen) atoms. The SMILES string of the molecule is CC[C@@H]1CC(N(Cc2cc(C(F)(F)F)cc(C(F)(F)F)c2)c2ncc(N3CCOCC3)cn2)C[C@H](CC)N1C(=O)OC(C)C. The summed E-state index contributed by atoms with van der Waals surface area (Å²) in [6.45, 7) is 9.44. The number of carbonyl (C=O) groups excluding carboxylic acids is 1. The van der Waals surface area contributed by atoms with Gasteiger partial charge < -0.3 is 24.2 Å². The van der Waals surface area contributed by atoms with Crippen molar-refractivity contribution in [2.75, 3.05) is 36.1 Å². The number of anilines is 2. The lowest BCUT2D eigenvalue weighted by Gasteiger charge is -2.47. The molecule has 244 valence electrons. The first-order valence-corrected chi connectivity index (χ1v) is 14.9. The first-order valence-electron chi connectivity index (χ1n) is 14.9. The van der Waals surface area contributed by atoms with Crippen LogP contribution in [0.1, 0.15) is 70.1 Å². The molecule has 2 saturated heterocycles. The molecule has 0 N–H and O–H groups in total. The molecule has 8 nitrogen and oxygen atoms in total. The zero-order valence-electron chi connectivity index (χ0n) is 25.3. The van der Waals surface area contributed by atoms with Crippen molar-refractivity contribution < 1.29 is 40.6 Å². The Labute approximate surface area is 253 Å². The van der Waals surface area contributed by atoms with Crippen LogP contribution in [0.2, 0.25) is 0 Å². The average Bonchev–Trinajstić information content (AvgIpc) is 2.98. The molecule has 1 unspecified atom stereocenters. The van der Waals surface area contributed by atoms with Crippen LogP contribution in [-0.2, 0) is 28.4 Å². The van der Waals surface area contributed by atoms with E-state index >= 15 is 0 Å². The standard InChI is InChI=1S/C30H39F6N5O3/c1-5-23-14-25(15-24(6-2)41(23)28(42)44-19(3)4)40(27-37-16-26(17-38-27)39-7-9-43-10-8-39)18-20-11-21(29(31,32)33)13-22(12-20)30(34,35)36/h11-13,16-17,19,23-25H,5-10,14-15,18H2,1-4H3/t23-,24+,25?. The third-order valence-corrected chi connectivity index (χ3v) is 8.06. The molecular formula is C30H39F6N5O3. The van der Waals surface area contributed by atoms with Gasteiger partial charge in [-0.2, -0.15) is 26.3 Å². The lowest BCUT2D eigenvalue weighted by atomic mass is 9.87. The number of ether oxygens (including phenoxy) is 2. The number of alkyl halides is 6. The van der Waals surface area contributed by atoms with Gasteiger partial charge in [0.1, 0.15) is 0 Å². The number of benzene rings is 1. The first kappa shape index (κ1) is 33.6. The highest BCUT2D eigenvalue weighted by molar-refractivity contribution is 5.69. The topological polar surface area (TPSA) is 71.0 Å². The molecule has 2 fully saturated rings. The third kappa shape index (κ3) is 8.05. The fourth-order valence-electron chi connectivity index (χ4n) is 5.91. The third-order valence-electron chi connectivity index (χ3n) is 8.06. The zero-order valence-corrected chi connectivity index (χ0v) is 25.3. The summed E-state index contributed by atoms with van der Waals surface area (Å²) in [7, 11) is 0. The monoisotopic (exact) mass is 631 g/mol. The summed E-state index contributed by atoms with van der Waals surface area (Å²) in [6, 6.07) is 0.689. The van der Waals surface area contributed by atoms with Gasteiger partial charge in [-0.25, -0.2) is 14.8 Å². The fourth-order valence-corrected chi connectivity index (χ4v) is 5.91. The van der Waals surface area contributed by atoms with Gasteiger partial charge in [-0.05, 0) is 63.3 Å². The highest BCUT2D eigenvalue weighted by Gasteiger charge is 2.42. The van der Waals surface area contributed by atoms with E-state index in [1.54, 1.807) is 36.0 Å². The summed E-state index contributed by atoms with van der Waals surface area (Å²) in [5.41, 5.74) is -2.19. The van der Waals surface area contributed by atoms with Gasteiger partial charge in [-0.1, -0.05) is 13.8 Å². The second-order valence-electron chi connectivity index (χ2n) is 11.5. The molecule has 3 heterocycles. The van der Waals surface area contributed by atoms with Gasteiger partial charge in [0.15, 0.2) is 0 Å². The predicted molar refractivity (Wildman–Crippen MR) is 152 cm³/mol. The van der Waals surface area contributed by atoms with Crippen molar-refractivity contribution in [3.63, 3.8) is 0 Å². The van der Waals surface area contributed by atoms with Crippen LogP contribution < -0.4 is 9.80 Å². The Morgan fingerprint density at radius 3 is 1.93 bits per heavy atom. The van der Waals surface area contributed by atoms with E-state index in [0.717, 1.165) is 17.8 Å². The van der Waals surface area contributed by atoms with Crippen molar-refractivity contribution in [1.29, 1.82) is 0 Å². The molecule has 0 spiro atoms. The number of amides is 1. The Morgan fingerprint density at radius 2 is 1.48 bits per heavy atom. The highest BCUT2D eigenvalue weighted by Crippen LogP contribution is 2.38. The van der Waals surface area contributed by atoms with E-state index in [2.05, 4.69) is 9.97 Å². The van der Waals surface area contributed by atoms with E-state index in [9.17, 15) is 31.1 Å². The number of likely N-dealkylation sites (tertiary alicyclic amines) is 1. The van der Waals surface area contributed by atoms with Gasteiger partial charge in [0, 0.05) is 37.8 Å². The largest absolute Gasteiger partial charge is 0.447 e. The Morgan fingerprint density at radius 1 is 0.955 bits per heavy atom. The maximum Gasteiger partial charge on any atom is 0.416 e. The Kier molecular flexibility index (Phi) is 10.5. The Hall–Kier alpha value is -3.29. The van der Waals surface area contributed by atoms with Crippen molar-refractivity contribution in [3.8, 4) is 0 Å². The van der Waals surface area contributed by atoms with Crippen LogP contribution in [0.4, 0.5) is 42.8 Å². The van der Waals surface area contributed by atoms with Crippen LogP contribution >= 0.6 is 0 Å². The van der Waals surface area contributed by atoms with Crippen LogP contribution in [0.15, 0.2) is 30.6 Å². The second kappa shape index (κ2) is 13.8. The quantitative estimate of drug-likeness (QED) is 0.293. The molecule has 14 heteroatoms. The van der Waals surface area contributed by atoms with Gasteiger partial charge in [0.25, 0.3) is 0 Å². The average molecular weight is 632 g/mol. The normalized spacial score (nSPS) is 21.5. The predicted octanol–water partition coefficient (Wildman–Crippen LogP) is 6.92. The molecule has 2 aliphatic heterocycles. The molecule has 0 radical (unpaired) electrons. The molecule has 1 aromatic heterocycles. The molecule has 1 amide bonds. The number of morpholine rings is 1. The van der Waals surface area contributed by atoms with Gasteiger partial charge >= 0.3 is 18.4 Å². The number of hydrogen-bond acceptors (Lipinski definition) is 7. The molecule has 1 aromatic carbocycles. The first-order chi connectivity index (χ1) is 20.7. The maximum absolute atomic E-state index is 13.7. The number of carbonyl (C=O) groups is 1. The van der Waals surface area contributed by atoms with Crippen LogP contribution in [0, 0.1) is 0 Å². The molecular weight excluding hydrogens is 592 g/mol. The van der Waals surface area contributed by atoms with Crippen molar-refractivity contribution in [2.24, 2.45) is 0 Å². The fraction of sp³-hybridized carbons (Fsp3) is 0.633. The van der Waals surface area contributed by atoms with Gasteiger partial charge in [0.2, 0.25) is 5.95 Å². The number of halogens is 6. The summed E-state index contributed by atoms with van der Waals surface area (Å²) >= 11 is 0. The minimum Gasteiger partial charge on any atom is -0.447 e. The van der Waals surface area contributed by atoms with E-state index in [4.69, 9.17) is 9.47 Å². The molecule has 0 aliphatic carbocycles. The molecule has 3 atom stereocenters. The van der Waals surface area contributed by atoms with Gasteiger partial charge in [-0.3, -0.25) is 0 Å². The van der Waals surface area contributed by atoms with Crippen LogP contribution in [0.3, 0.4) is 0 Å². The zero-order chi connectivity index (χ0) is 32.2. The van der Waals surface area contributed by atoms with Crippen molar-refractivity contribution in [2.45, 2.75) is 96.5 Å². The molecule has 0 saturated carbocycles. The summed E-state index contributed by atoms with van der Waals surface area (Å²) < 4.78 is 93.2. The van der Waals surface area contributed by atoms with Gasteiger partial charge in [-0.15, -0.1) is 0 Å². The van der Waals surface area contributed by atoms with E-state index in [1.165, 1.54) is 0 Å². The molecule has 2 aliphatic rings. The summed E-state index contributed by atoms with van der Waals surface area (Å²) in [5, 5.41) is 0. The van der Waals surface area contributed by atoms with Crippen molar-refractivity contribution in [1.82, 2.24) is 14.9 Å². The number of piperidine rings is 1. The Balaban J connectivity index is 1.74. The number of nitrogens with zero attached hydrogens (tertiary/aromatic N) is 5. The van der Waals surface area contributed by atoms with Crippen LogP contribution in [0.5, 0.6) is 0 Å². The highest BCUT2D eigenvalue weighted by atomic mass is 19.4. The lowest BCUT2D eigenvalue weighted by molar-refractivity contribution is -0.143. The number of hydrogen-bond donors (Lipinski definition) is 0. The van der Waals surface area contributed by atoms with Crippen molar-refractivity contribution in [3.05, 3.63) is 47.3 Å². The smallest absolute Gasteiger partial charge is 0.416 e. The minimum atomic E-state index is -4.97. The van der Waals surface area contributed by atoms with E-state index in [1.807, 2.05) is 18.7 Å². The summed E-state index contributed by atoms with van der Waals surface area (Å²) in [4.78, 5) is 27.6. The van der Waals surface area contributed by atoms with Crippen LogP contribution in [-0.4, -0.2) is 71.5 Å². The molecule has 0 bridgehead atoms. The lowest BCUT2D eigenvalue weighted by Crippen LogP contribution is -2.57. The Bertz CT molecular complexity index is 1200. The summed E-state index contributed by atoms with van der Waals surface area (Å²) in [5.74, 6) is 0.181. The van der Waals surface area contributed by atoms with Crippen molar-refractivity contribution >= 4 is 17.7 Å². The number of rotatable bonds is 8. The minimum absolute atomic E-state index is 0.126. The van der Waals surface area contributed by atoms with Gasteiger partial charge in [0.05, 0.1) is 48.5 Å². The molecule has 4 rings (SSSR count). The van der Waals surface area contributed by atoms with E-state index < -0.39 is 29.6 Å². The molecule has 2 aromatic rings. The maximum atomic E-state index is 13.7. The van der Waals surface area contributed by atoms with E-state index in [-0.39, 0.29) is 48.4 Å². The van der Waals surface area contributed by atoms with E-state index in [0.29, 0.717) is 52.0 Å². The van der Waals surface area contributed by atoms with Crippen LogP contribution in [0.25, 0.3) is 0 Å².